The van der Waals surface area contributed by atoms with Gasteiger partial charge < -0.3 is 15.0 Å². The minimum atomic E-state index is -0.969. The summed E-state index contributed by atoms with van der Waals surface area (Å²) in [5.74, 6) is -2.54. The molecular weight excluding hydrogens is 322 g/mol. The van der Waals surface area contributed by atoms with Crippen LogP contribution in [0, 0.1) is 17.3 Å². The number of aryl methyl sites for hydroxylation is 1. The molecule has 1 fully saturated rings. The first-order chi connectivity index (χ1) is 11.7. The van der Waals surface area contributed by atoms with E-state index in [9.17, 15) is 19.5 Å². The van der Waals surface area contributed by atoms with Crippen LogP contribution < -0.4 is 5.32 Å². The Morgan fingerprint density at radius 1 is 1.24 bits per heavy atom. The molecule has 0 radical (unpaired) electrons. The van der Waals surface area contributed by atoms with Gasteiger partial charge in [0.25, 0.3) is 0 Å². The predicted octanol–water partition coefficient (Wildman–Crippen LogP) is 1.95. The number of carboxylic acids is 1. The van der Waals surface area contributed by atoms with E-state index in [4.69, 9.17) is 0 Å². The van der Waals surface area contributed by atoms with Crippen molar-refractivity contribution in [3.63, 3.8) is 0 Å². The second-order valence-electron chi connectivity index (χ2n) is 6.88. The van der Waals surface area contributed by atoms with Crippen LogP contribution in [0.15, 0.2) is 36.7 Å². The maximum absolute atomic E-state index is 12.5. The molecule has 1 heterocycles. The standard InChI is InChI=1S/C18H19N3O4/c1-18(2)12(13(18)17(24)25)16(23)20-11-6-4-5-10(9-11)14(22)15-19-7-8-21(15)3/h4-9,12-13H,1-3H3,(H,20,23)(H,24,25)/t12-,13+/m1/s1. The predicted molar refractivity (Wildman–Crippen MR) is 90.1 cm³/mol. The van der Waals surface area contributed by atoms with Crippen LogP contribution in [0.2, 0.25) is 0 Å². The lowest BCUT2D eigenvalue weighted by Crippen LogP contribution is -2.18. The highest BCUT2D eigenvalue weighted by molar-refractivity contribution is 6.08. The number of imidazole rings is 1. The van der Waals surface area contributed by atoms with Gasteiger partial charge in [0.15, 0.2) is 5.82 Å². The van der Waals surface area contributed by atoms with Crippen molar-refractivity contribution >= 4 is 23.3 Å². The maximum atomic E-state index is 12.5. The first kappa shape index (κ1) is 16.9. The fraction of sp³-hybridized carbons (Fsp3) is 0.333. The lowest BCUT2D eigenvalue weighted by Gasteiger charge is -2.08. The van der Waals surface area contributed by atoms with E-state index < -0.39 is 23.2 Å². The van der Waals surface area contributed by atoms with Crippen LogP contribution in [0.5, 0.6) is 0 Å². The van der Waals surface area contributed by atoms with Crippen LogP contribution in [0.1, 0.15) is 30.0 Å². The fourth-order valence-corrected chi connectivity index (χ4v) is 3.26. The quantitative estimate of drug-likeness (QED) is 0.810. The average Bonchev–Trinajstić information content (AvgIpc) is 2.89. The molecule has 130 valence electrons. The summed E-state index contributed by atoms with van der Waals surface area (Å²) in [5, 5.41) is 11.9. The Morgan fingerprint density at radius 2 is 1.96 bits per heavy atom. The number of anilines is 1. The number of hydrogen-bond acceptors (Lipinski definition) is 4. The van der Waals surface area contributed by atoms with E-state index in [-0.39, 0.29) is 11.7 Å². The number of rotatable bonds is 5. The Labute approximate surface area is 144 Å². The van der Waals surface area contributed by atoms with Crippen molar-refractivity contribution in [2.75, 3.05) is 5.32 Å². The number of amides is 1. The van der Waals surface area contributed by atoms with Gasteiger partial charge in [-0.25, -0.2) is 4.98 Å². The van der Waals surface area contributed by atoms with Gasteiger partial charge in [0.05, 0.1) is 11.8 Å². The van der Waals surface area contributed by atoms with Gasteiger partial charge in [0.2, 0.25) is 11.7 Å². The van der Waals surface area contributed by atoms with Crippen molar-refractivity contribution in [2.24, 2.45) is 24.3 Å². The van der Waals surface area contributed by atoms with E-state index in [0.29, 0.717) is 17.1 Å². The third-order valence-corrected chi connectivity index (χ3v) is 4.79. The lowest BCUT2D eigenvalue weighted by molar-refractivity contribution is -0.140. The molecule has 1 amide bonds. The summed E-state index contributed by atoms with van der Waals surface area (Å²) in [6.07, 6.45) is 3.22. The molecule has 7 heteroatoms. The van der Waals surface area contributed by atoms with Crippen molar-refractivity contribution in [2.45, 2.75) is 13.8 Å². The Kier molecular flexibility index (Phi) is 3.94. The van der Waals surface area contributed by atoms with Gasteiger partial charge in [-0.3, -0.25) is 14.4 Å². The minimum absolute atomic E-state index is 0.251. The molecule has 0 unspecified atom stereocenters. The van der Waals surface area contributed by atoms with E-state index in [1.54, 1.807) is 62.1 Å². The molecule has 0 bridgehead atoms. The number of aliphatic carboxylic acids is 1. The molecule has 2 atom stereocenters. The van der Waals surface area contributed by atoms with Crippen LogP contribution in [0.4, 0.5) is 5.69 Å². The minimum Gasteiger partial charge on any atom is -0.481 e. The van der Waals surface area contributed by atoms with Gasteiger partial charge in [-0.15, -0.1) is 0 Å². The highest BCUT2D eigenvalue weighted by atomic mass is 16.4. The number of nitrogens with one attached hydrogen (secondary N) is 1. The molecule has 1 aromatic carbocycles. The number of aromatic nitrogens is 2. The Morgan fingerprint density at radius 3 is 2.52 bits per heavy atom. The van der Waals surface area contributed by atoms with E-state index in [1.165, 1.54) is 0 Å². The van der Waals surface area contributed by atoms with Crippen LogP contribution >= 0.6 is 0 Å². The zero-order chi connectivity index (χ0) is 18.4. The monoisotopic (exact) mass is 341 g/mol. The van der Waals surface area contributed by atoms with Gasteiger partial charge in [0, 0.05) is 30.7 Å². The van der Waals surface area contributed by atoms with Gasteiger partial charge in [-0.05, 0) is 17.5 Å². The van der Waals surface area contributed by atoms with Crippen molar-refractivity contribution < 1.29 is 19.5 Å². The molecule has 1 saturated carbocycles. The normalized spacial score (nSPS) is 20.8. The number of carbonyl (C=O) groups excluding carboxylic acids is 2. The molecule has 0 aliphatic heterocycles. The van der Waals surface area contributed by atoms with Gasteiger partial charge in [-0.1, -0.05) is 26.0 Å². The Hall–Kier alpha value is -2.96. The van der Waals surface area contributed by atoms with Gasteiger partial charge in [0.1, 0.15) is 0 Å². The number of ketones is 1. The number of hydrogen-bond donors (Lipinski definition) is 2. The molecule has 3 rings (SSSR count). The lowest BCUT2D eigenvalue weighted by atomic mass is 10.1. The van der Waals surface area contributed by atoms with E-state index in [1.807, 2.05) is 0 Å². The van der Waals surface area contributed by atoms with Crippen LogP contribution in [-0.4, -0.2) is 32.3 Å². The molecule has 0 spiro atoms. The molecule has 25 heavy (non-hydrogen) atoms. The third kappa shape index (κ3) is 2.93. The topological polar surface area (TPSA) is 101 Å². The largest absolute Gasteiger partial charge is 0.481 e. The molecular formula is C18H19N3O4. The molecule has 2 aromatic rings. The second-order valence-corrected chi connectivity index (χ2v) is 6.88. The summed E-state index contributed by atoms with van der Waals surface area (Å²) < 4.78 is 1.62. The Balaban J connectivity index is 1.77. The smallest absolute Gasteiger partial charge is 0.307 e. The first-order valence-corrected chi connectivity index (χ1v) is 7.89. The number of carboxylic acid groups (broad SMARTS) is 1. The van der Waals surface area contributed by atoms with E-state index >= 15 is 0 Å². The molecule has 7 nitrogen and oxygen atoms in total. The molecule has 2 N–H and O–H groups in total. The fourth-order valence-electron chi connectivity index (χ4n) is 3.26. The van der Waals surface area contributed by atoms with E-state index in [2.05, 4.69) is 10.3 Å². The number of benzene rings is 1. The van der Waals surface area contributed by atoms with Crippen LogP contribution in [0.3, 0.4) is 0 Å². The number of carbonyl (C=O) groups is 3. The summed E-state index contributed by atoms with van der Waals surface area (Å²) in [7, 11) is 1.73. The summed E-state index contributed by atoms with van der Waals surface area (Å²) >= 11 is 0. The highest BCUT2D eigenvalue weighted by Crippen LogP contribution is 2.58. The van der Waals surface area contributed by atoms with Gasteiger partial charge in [-0.2, -0.15) is 0 Å². The molecule has 1 aliphatic rings. The van der Waals surface area contributed by atoms with Crippen molar-refractivity contribution in [1.82, 2.24) is 9.55 Å². The van der Waals surface area contributed by atoms with E-state index in [0.717, 1.165) is 0 Å². The zero-order valence-electron chi connectivity index (χ0n) is 14.2. The summed E-state index contributed by atoms with van der Waals surface area (Å²) in [5.41, 5.74) is 0.282. The summed E-state index contributed by atoms with van der Waals surface area (Å²) in [6.45, 7) is 3.52. The molecule has 1 aromatic heterocycles. The SMILES string of the molecule is Cn1ccnc1C(=O)c1cccc(NC(=O)[C@H]2[C@@H](C(=O)O)C2(C)C)c1. The Bertz CT molecular complexity index is 869. The maximum Gasteiger partial charge on any atom is 0.307 e. The average molecular weight is 341 g/mol. The van der Waals surface area contributed by atoms with Crippen LogP contribution in [-0.2, 0) is 16.6 Å². The summed E-state index contributed by atoms with van der Waals surface area (Å²) in [4.78, 5) is 40.1. The highest BCUT2D eigenvalue weighted by Gasteiger charge is 2.65. The van der Waals surface area contributed by atoms with Crippen LogP contribution in [0.25, 0.3) is 0 Å². The van der Waals surface area contributed by atoms with Crippen molar-refractivity contribution in [1.29, 1.82) is 0 Å². The number of nitrogens with zero attached hydrogens (tertiary/aromatic N) is 2. The second kappa shape index (κ2) is 5.84. The third-order valence-electron chi connectivity index (χ3n) is 4.79. The summed E-state index contributed by atoms with van der Waals surface area (Å²) in [6, 6.07) is 6.55. The zero-order valence-corrected chi connectivity index (χ0v) is 14.2. The molecule has 0 saturated heterocycles. The molecule has 1 aliphatic carbocycles. The van der Waals surface area contributed by atoms with Crippen molar-refractivity contribution in [3.05, 3.63) is 48.0 Å². The first-order valence-electron chi connectivity index (χ1n) is 7.89. The van der Waals surface area contributed by atoms with Crippen molar-refractivity contribution in [3.8, 4) is 0 Å². The van der Waals surface area contributed by atoms with Gasteiger partial charge >= 0.3 is 5.97 Å².